The number of quaternary nitrogens is 1. The summed E-state index contributed by atoms with van der Waals surface area (Å²) in [6.07, 6.45) is 7.02. The first-order valence-electron chi connectivity index (χ1n) is 9.22. The molecule has 5 nitrogen and oxygen atoms in total. The number of hydrogen-bond acceptors (Lipinski definition) is 3. The van der Waals surface area contributed by atoms with Crippen molar-refractivity contribution >= 4 is 11.7 Å². The van der Waals surface area contributed by atoms with Gasteiger partial charge in [-0.2, -0.15) is 0 Å². The van der Waals surface area contributed by atoms with Gasteiger partial charge in [0.25, 0.3) is 5.91 Å². The van der Waals surface area contributed by atoms with Crippen LogP contribution in [0.25, 0.3) is 0 Å². The van der Waals surface area contributed by atoms with Gasteiger partial charge in [0, 0.05) is 24.3 Å². The number of primary amides is 1. The Morgan fingerprint density at radius 2 is 2.31 bits per heavy atom. The van der Waals surface area contributed by atoms with E-state index in [0.29, 0.717) is 17.4 Å². The van der Waals surface area contributed by atoms with E-state index < -0.39 is 12.0 Å². The van der Waals surface area contributed by atoms with Crippen LogP contribution in [0.2, 0.25) is 0 Å². The molecule has 5 atom stereocenters. The third-order valence-corrected chi connectivity index (χ3v) is 7.23. The van der Waals surface area contributed by atoms with Crippen LogP contribution in [-0.4, -0.2) is 48.5 Å². The molecule has 1 spiro atoms. The maximum atomic E-state index is 12.7. The Balaban J connectivity index is 1.79. The lowest BCUT2D eigenvalue weighted by Crippen LogP contribution is -2.70. The highest BCUT2D eigenvalue weighted by atomic mass is 16.5. The molecule has 5 rings (SSSR count). The average Bonchev–Trinajstić information content (AvgIpc) is 2.95. The second-order valence-electron chi connectivity index (χ2n) is 8.36. The third-order valence-electron chi connectivity index (χ3n) is 7.23. The Bertz CT molecular complexity index is 905. The van der Waals surface area contributed by atoms with Crippen molar-refractivity contribution in [2.24, 2.45) is 11.7 Å². The standard InChI is InChI=1S/C21H22N2O3/c1-3-9-23(2)10-8-21-14-6-7-16(24)19(21)26-18-13(20(22)25)5-4-12(17(18)21)11-15(14)23/h3-7,14-15,19H,1,8-11H2,2H3,(H-,22,25)/p+1/t14-,15?,19-,21?,23+/m0/s1. The van der Waals surface area contributed by atoms with E-state index in [-0.39, 0.29) is 17.1 Å². The summed E-state index contributed by atoms with van der Waals surface area (Å²) in [5.41, 5.74) is 7.90. The van der Waals surface area contributed by atoms with E-state index in [1.54, 1.807) is 12.1 Å². The van der Waals surface area contributed by atoms with Crippen molar-refractivity contribution in [1.29, 1.82) is 0 Å². The van der Waals surface area contributed by atoms with Crippen LogP contribution in [0.3, 0.4) is 0 Å². The molecule has 2 aliphatic heterocycles. The maximum Gasteiger partial charge on any atom is 0.252 e. The van der Waals surface area contributed by atoms with E-state index in [1.807, 2.05) is 12.1 Å². The monoisotopic (exact) mass is 351 g/mol. The van der Waals surface area contributed by atoms with Crippen LogP contribution in [-0.2, 0) is 16.6 Å². The summed E-state index contributed by atoms with van der Waals surface area (Å²) in [5.74, 6) is 0.278. The molecule has 4 aliphatic rings. The first kappa shape index (κ1) is 15.8. The fourth-order valence-corrected chi connectivity index (χ4v) is 6.07. The van der Waals surface area contributed by atoms with Crippen LogP contribution in [0.4, 0.5) is 0 Å². The lowest BCUT2D eigenvalue weighted by Gasteiger charge is -2.58. The van der Waals surface area contributed by atoms with Crippen LogP contribution in [0.1, 0.15) is 27.9 Å². The molecule has 1 fully saturated rings. The largest absolute Gasteiger partial charge is 0.480 e. The number of hydrogen-bond donors (Lipinski definition) is 1. The Kier molecular flexibility index (Phi) is 2.96. The number of carbonyl (C=O) groups excluding carboxylic acids is 2. The Labute approximate surface area is 152 Å². The van der Waals surface area contributed by atoms with Gasteiger partial charge in [-0.3, -0.25) is 9.59 Å². The van der Waals surface area contributed by atoms with Gasteiger partial charge in [0.15, 0.2) is 11.9 Å². The predicted molar refractivity (Wildman–Crippen MR) is 96.9 cm³/mol. The van der Waals surface area contributed by atoms with Crippen LogP contribution < -0.4 is 10.5 Å². The highest BCUT2D eigenvalue weighted by Gasteiger charge is 2.67. The molecule has 1 aromatic carbocycles. The average molecular weight is 351 g/mol. The third kappa shape index (κ3) is 1.65. The lowest BCUT2D eigenvalue weighted by molar-refractivity contribution is -0.938. The van der Waals surface area contributed by atoms with E-state index in [1.165, 1.54) is 5.56 Å². The van der Waals surface area contributed by atoms with Crippen molar-refractivity contribution in [3.8, 4) is 5.75 Å². The second-order valence-corrected chi connectivity index (χ2v) is 8.36. The van der Waals surface area contributed by atoms with Gasteiger partial charge in [-0.1, -0.05) is 18.7 Å². The molecule has 5 heteroatoms. The number of likely N-dealkylation sites (N-methyl/N-ethyl adjacent to an activating group) is 1. The molecule has 2 aliphatic carbocycles. The number of ketones is 1. The maximum absolute atomic E-state index is 12.7. The van der Waals surface area contributed by atoms with Gasteiger partial charge < -0.3 is 15.0 Å². The number of amides is 1. The minimum absolute atomic E-state index is 0.000654. The Hall–Kier alpha value is -2.40. The molecule has 2 unspecified atom stereocenters. The van der Waals surface area contributed by atoms with Gasteiger partial charge in [0.05, 0.1) is 31.1 Å². The number of likely N-dealkylation sites (tertiary alicyclic amines) is 1. The zero-order valence-electron chi connectivity index (χ0n) is 14.9. The first-order valence-corrected chi connectivity index (χ1v) is 9.22. The van der Waals surface area contributed by atoms with E-state index in [9.17, 15) is 9.59 Å². The molecule has 2 N–H and O–H groups in total. The summed E-state index contributed by atoms with van der Waals surface area (Å²) < 4.78 is 7.11. The molecule has 2 bridgehead atoms. The number of nitrogens with zero attached hydrogens (tertiary/aromatic N) is 1. The number of piperidine rings is 1. The van der Waals surface area contributed by atoms with Crippen molar-refractivity contribution < 1.29 is 18.8 Å². The first-order chi connectivity index (χ1) is 12.4. The highest BCUT2D eigenvalue weighted by Crippen LogP contribution is 2.61. The summed E-state index contributed by atoms with van der Waals surface area (Å²) in [6.45, 7) is 5.83. The van der Waals surface area contributed by atoms with Crippen molar-refractivity contribution in [3.63, 3.8) is 0 Å². The SMILES string of the molecule is C=CC[N@+]1(C)CCC23c4c5ccc(C(N)=O)c4O[C@H]2C(=O)C=C[C@H]3C1C5. The molecular formula is C21H23N2O3+. The molecule has 2 heterocycles. The van der Waals surface area contributed by atoms with Crippen molar-refractivity contribution in [1.82, 2.24) is 0 Å². The normalized spacial score (nSPS) is 38.5. The highest BCUT2D eigenvalue weighted by molar-refractivity contribution is 6.01. The number of ether oxygens (including phenoxy) is 1. The van der Waals surface area contributed by atoms with Crippen molar-refractivity contribution in [3.05, 3.63) is 53.6 Å². The van der Waals surface area contributed by atoms with Gasteiger partial charge in [-0.25, -0.2) is 0 Å². The second kappa shape index (κ2) is 4.86. The van der Waals surface area contributed by atoms with Gasteiger partial charge in [0.2, 0.25) is 0 Å². The van der Waals surface area contributed by atoms with Crippen LogP contribution >= 0.6 is 0 Å². The van der Waals surface area contributed by atoms with Crippen molar-refractivity contribution in [2.75, 3.05) is 20.1 Å². The van der Waals surface area contributed by atoms with E-state index in [2.05, 4.69) is 19.7 Å². The molecule has 1 aromatic rings. The molecule has 0 aromatic heterocycles. The minimum Gasteiger partial charge on any atom is -0.480 e. The zero-order chi connectivity index (χ0) is 18.3. The topological polar surface area (TPSA) is 69.4 Å². The van der Waals surface area contributed by atoms with Gasteiger partial charge in [-0.05, 0) is 23.8 Å². The van der Waals surface area contributed by atoms with E-state index in [4.69, 9.17) is 10.5 Å². The summed E-state index contributed by atoms with van der Waals surface area (Å²) in [4.78, 5) is 24.7. The molecule has 0 radical (unpaired) electrons. The van der Waals surface area contributed by atoms with Crippen LogP contribution in [0.5, 0.6) is 5.75 Å². The molecule has 26 heavy (non-hydrogen) atoms. The molecule has 1 saturated heterocycles. The van der Waals surface area contributed by atoms with E-state index in [0.717, 1.165) is 36.0 Å². The Morgan fingerprint density at radius 1 is 1.50 bits per heavy atom. The van der Waals surface area contributed by atoms with Gasteiger partial charge in [-0.15, -0.1) is 0 Å². The predicted octanol–water partition coefficient (Wildman–Crippen LogP) is 1.50. The van der Waals surface area contributed by atoms with Crippen molar-refractivity contribution in [2.45, 2.75) is 30.4 Å². The Morgan fingerprint density at radius 3 is 3.04 bits per heavy atom. The summed E-state index contributed by atoms with van der Waals surface area (Å²) in [5, 5.41) is 0. The molecule has 0 saturated carbocycles. The van der Waals surface area contributed by atoms with Crippen LogP contribution in [0.15, 0.2) is 36.9 Å². The quantitative estimate of drug-likeness (QED) is 0.663. The van der Waals surface area contributed by atoms with E-state index >= 15 is 0 Å². The molecule has 1 amide bonds. The minimum atomic E-state index is -0.535. The molecular weight excluding hydrogens is 328 g/mol. The van der Waals surface area contributed by atoms with Crippen LogP contribution in [0, 0.1) is 5.92 Å². The summed E-state index contributed by atoms with van der Waals surface area (Å²) in [7, 11) is 2.29. The number of rotatable bonds is 3. The summed E-state index contributed by atoms with van der Waals surface area (Å²) in [6, 6.07) is 4.15. The number of carbonyl (C=O) groups is 2. The zero-order valence-corrected chi connectivity index (χ0v) is 14.9. The van der Waals surface area contributed by atoms with Gasteiger partial charge >= 0.3 is 0 Å². The number of benzene rings is 1. The fraction of sp³-hybridized carbons (Fsp3) is 0.429. The fourth-order valence-electron chi connectivity index (χ4n) is 6.07. The lowest BCUT2D eigenvalue weighted by atomic mass is 9.53. The number of nitrogens with two attached hydrogens (primary N) is 1. The van der Waals surface area contributed by atoms with Gasteiger partial charge in [0.1, 0.15) is 11.8 Å². The molecule has 134 valence electrons. The smallest absolute Gasteiger partial charge is 0.252 e. The summed E-state index contributed by atoms with van der Waals surface area (Å²) >= 11 is 0.